The Morgan fingerprint density at radius 3 is 1.59 bits per heavy atom. The van der Waals surface area contributed by atoms with Crippen LogP contribution in [0.1, 0.15) is 79.1 Å². The van der Waals surface area contributed by atoms with Crippen molar-refractivity contribution in [3.63, 3.8) is 0 Å². The summed E-state index contributed by atoms with van der Waals surface area (Å²) in [5.41, 5.74) is 10.5. The van der Waals surface area contributed by atoms with Gasteiger partial charge in [0.15, 0.2) is 0 Å². The van der Waals surface area contributed by atoms with E-state index in [-0.39, 0.29) is 16.6 Å². The lowest BCUT2D eigenvalue weighted by Gasteiger charge is -2.34. The van der Waals surface area contributed by atoms with Crippen LogP contribution in [0.15, 0.2) is 109 Å². The lowest BCUT2D eigenvalue weighted by atomic mass is 9.69. The van der Waals surface area contributed by atoms with Gasteiger partial charge in [0.2, 0.25) is 0 Å². The van der Waals surface area contributed by atoms with Crippen LogP contribution in [0.3, 0.4) is 0 Å². The lowest BCUT2D eigenvalue weighted by Crippen LogP contribution is -2.26. The van der Waals surface area contributed by atoms with Gasteiger partial charge in [-0.05, 0) is 82.1 Å². The first-order valence-corrected chi connectivity index (χ1v) is 14.4. The molecule has 0 amide bonds. The molecule has 0 saturated heterocycles. The van der Waals surface area contributed by atoms with Crippen molar-refractivity contribution < 1.29 is 10.2 Å². The van der Waals surface area contributed by atoms with Gasteiger partial charge in [0.1, 0.15) is 11.5 Å². The van der Waals surface area contributed by atoms with Gasteiger partial charge in [-0.1, -0.05) is 119 Å². The Hall–Kier alpha value is -4.30. The van der Waals surface area contributed by atoms with Crippen LogP contribution in [0.5, 0.6) is 11.5 Å². The summed E-state index contributed by atoms with van der Waals surface area (Å²) in [7, 11) is 0. The van der Waals surface area contributed by atoms with Crippen molar-refractivity contribution in [3.8, 4) is 22.6 Å². The third kappa shape index (κ3) is 4.08. The minimum Gasteiger partial charge on any atom is -0.508 e. The Morgan fingerprint density at radius 2 is 1.02 bits per heavy atom. The van der Waals surface area contributed by atoms with E-state index < -0.39 is 5.41 Å². The van der Waals surface area contributed by atoms with E-state index in [1.54, 1.807) is 12.1 Å². The maximum atomic E-state index is 11.6. The number of fused-ring (bicyclic) bond motifs is 3. The highest BCUT2D eigenvalue weighted by Gasteiger charge is 2.43. The standard InChI is InChI=1S/C39H38O2/c1-25-22-29(38(4,5)28-13-11-12-27(23-28)37(2,3)26-18-20-30(40)21-19-26)24-35(36(25)41)39(6)33-16-9-7-14-31(33)32-15-8-10-17-34(32)39/h7-24,40-41H,1-6H3. The molecule has 0 aromatic heterocycles. The van der Waals surface area contributed by atoms with Gasteiger partial charge in [0, 0.05) is 21.8 Å². The van der Waals surface area contributed by atoms with Gasteiger partial charge in [-0.25, -0.2) is 0 Å². The monoisotopic (exact) mass is 538 g/mol. The highest BCUT2D eigenvalue weighted by molar-refractivity contribution is 5.84. The summed E-state index contributed by atoms with van der Waals surface area (Å²) in [6.45, 7) is 13.3. The van der Waals surface area contributed by atoms with E-state index in [0.29, 0.717) is 5.75 Å². The lowest BCUT2D eigenvalue weighted by molar-refractivity contribution is 0.453. The molecule has 1 aliphatic rings. The van der Waals surface area contributed by atoms with Gasteiger partial charge in [-0.15, -0.1) is 0 Å². The predicted molar refractivity (Wildman–Crippen MR) is 169 cm³/mol. The van der Waals surface area contributed by atoms with Gasteiger partial charge in [0.05, 0.1) is 0 Å². The van der Waals surface area contributed by atoms with Crippen LogP contribution >= 0.6 is 0 Å². The zero-order valence-electron chi connectivity index (χ0n) is 24.8. The first kappa shape index (κ1) is 26.9. The normalized spacial score (nSPS) is 14.0. The largest absolute Gasteiger partial charge is 0.508 e. The topological polar surface area (TPSA) is 40.5 Å². The van der Waals surface area contributed by atoms with E-state index in [2.05, 4.69) is 120 Å². The second-order valence-electron chi connectivity index (χ2n) is 12.8. The van der Waals surface area contributed by atoms with Crippen molar-refractivity contribution in [1.29, 1.82) is 0 Å². The molecule has 2 heteroatoms. The molecule has 0 aliphatic heterocycles. The van der Waals surface area contributed by atoms with Crippen LogP contribution in [-0.4, -0.2) is 10.2 Å². The van der Waals surface area contributed by atoms with Crippen molar-refractivity contribution in [1.82, 2.24) is 0 Å². The van der Waals surface area contributed by atoms with Gasteiger partial charge in [0.25, 0.3) is 0 Å². The van der Waals surface area contributed by atoms with Gasteiger partial charge >= 0.3 is 0 Å². The predicted octanol–water partition coefficient (Wildman–Crippen LogP) is 9.39. The molecular formula is C39H38O2. The quantitative estimate of drug-likeness (QED) is 0.234. The Kier molecular flexibility index (Phi) is 6.15. The summed E-state index contributed by atoms with van der Waals surface area (Å²) in [6.07, 6.45) is 0. The molecule has 5 aromatic rings. The smallest absolute Gasteiger partial charge is 0.122 e. The molecular weight excluding hydrogens is 500 g/mol. The van der Waals surface area contributed by atoms with E-state index in [0.717, 1.165) is 16.7 Å². The minimum atomic E-state index is -0.475. The summed E-state index contributed by atoms with van der Waals surface area (Å²) in [4.78, 5) is 0. The third-order valence-electron chi connectivity index (χ3n) is 9.68. The number of aromatic hydroxyl groups is 2. The molecule has 2 N–H and O–H groups in total. The summed E-state index contributed by atoms with van der Waals surface area (Å²) < 4.78 is 0. The summed E-state index contributed by atoms with van der Waals surface area (Å²) in [5.74, 6) is 0.639. The molecule has 41 heavy (non-hydrogen) atoms. The molecule has 1 aliphatic carbocycles. The Balaban J connectivity index is 1.49. The Bertz CT molecular complexity index is 1730. The van der Waals surface area contributed by atoms with E-state index >= 15 is 0 Å². The number of benzene rings is 5. The number of rotatable bonds is 5. The van der Waals surface area contributed by atoms with Crippen LogP contribution in [0, 0.1) is 6.92 Å². The summed E-state index contributed by atoms with van der Waals surface area (Å²) in [6, 6.07) is 37.9. The number of aryl methyl sites for hydroxylation is 1. The average Bonchev–Trinajstić information content (AvgIpc) is 3.24. The minimum absolute atomic E-state index is 0.236. The maximum Gasteiger partial charge on any atom is 0.122 e. The Morgan fingerprint density at radius 1 is 0.512 bits per heavy atom. The fourth-order valence-corrected chi connectivity index (χ4v) is 6.77. The Labute approximate surface area is 244 Å². The molecule has 6 rings (SSSR count). The van der Waals surface area contributed by atoms with E-state index in [1.807, 2.05) is 19.1 Å². The van der Waals surface area contributed by atoms with Gasteiger partial charge in [-0.2, -0.15) is 0 Å². The zero-order valence-corrected chi connectivity index (χ0v) is 24.8. The molecule has 2 nitrogen and oxygen atoms in total. The van der Waals surface area contributed by atoms with E-state index in [9.17, 15) is 10.2 Å². The van der Waals surface area contributed by atoms with E-state index in [1.165, 1.54) is 38.9 Å². The molecule has 0 bridgehead atoms. The number of phenolic OH excluding ortho intramolecular Hbond substituents is 2. The fraction of sp³-hybridized carbons (Fsp3) is 0.231. The van der Waals surface area contributed by atoms with Crippen molar-refractivity contribution >= 4 is 0 Å². The molecule has 0 heterocycles. The molecule has 0 atom stereocenters. The number of phenols is 2. The molecule has 0 unspecified atom stereocenters. The first-order valence-electron chi connectivity index (χ1n) is 14.4. The second kappa shape index (κ2) is 9.38. The van der Waals surface area contributed by atoms with Crippen LogP contribution in [0.25, 0.3) is 11.1 Å². The molecule has 5 aromatic carbocycles. The van der Waals surface area contributed by atoms with E-state index in [4.69, 9.17) is 0 Å². The van der Waals surface area contributed by atoms with Crippen molar-refractivity contribution in [2.24, 2.45) is 0 Å². The molecule has 0 fully saturated rings. The first-order chi connectivity index (χ1) is 19.5. The highest BCUT2D eigenvalue weighted by atomic mass is 16.3. The number of hydrogen-bond acceptors (Lipinski definition) is 2. The molecule has 0 saturated carbocycles. The van der Waals surface area contributed by atoms with Crippen molar-refractivity contribution in [2.75, 3.05) is 0 Å². The van der Waals surface area contributed by atoms with Crippen molar-refractivity contribution in [3.05, 3.63) is 154 Å². The molecule has 0 radical (unpaired) electrons. The number of hydrogen-bond donors (Lipinski definition) is 2. The fourth-order valence-electron chi connectivity index (χ4n) is 6.77. The SMILES string of the molecule is Cc1cc(C(C)(C)c2cccc(C(C)(C)c3ccc(O)cc3)c2)cc(C2(C)c3ccccc3-c3ccccc32)c1O. The average molecular weight is 539 g/mol. The zero-order chi connectivity index (χ0) is 29.2. The summed E-state index contributed by atoms with van der Waals surface area (Å²) in [5, 5.41) is 21.4. The highest BCUT2D eigenvalue weighted by Crippen LogP contribution is 2.55. The third-order valence-corrected chi connectivity index (χ3v) is 9.68. The van der Waals surface area contributed by atoms with Gasteiger partial charge < -0.3 is 10.2 Å². The van der Waals surface area contributed by atoms with Crippen LogP contribution in [0.2, 0.25) is 0 Å². The van der Waals surface area contributed by atoms with Crippen LogP contribution in [0.4, 0.5) is 0 Å². The van der Waals surface area contributed by atoms with Gasteiger partial charge in [-0.3, -0.25) is 0 Å². The molecule has 0 spiro atoms. The van der Waals surface area contributed by atoms with Crippen LogP contribution < -0.4 is 0 Å². The van der Waals surface area contributed by atoms with Crippen LogP contribution in [-0.2, 0) is 16.2 Å². The van der Waals surface area contributed by atoms with Crippen molar-refractivity contribution in [2.45, 2.75) is 57.8 Å². The molecule has 206 valence electrons. The second-order valence-corrected chi connectivity index (χ2v) is 12.8. The summed E-state index contributed by atoms with van der Waals surface area (Å²) >= 11 is 0. The maximum absolute atomic E-state index is 11.6.